The molecule has 8 heteroatoms. The van der Waals surface area contributed by atoms with Gasteiger partial charge < -0.3 is 5.32 Å². The van der Waals surface area contributed by atoms with E-state index in [9.17, 15) is 17.2 Å². The maximum Gasteiger partial charge on any atom is 0.263 e. The molecular weight excluding hydrogens is 324 g/mol. The first-order chi connectivity index (χ1) is 10.9. The molecule has 1 saturated carbocycles. The summed E-state index contributed by atoms with van der Waals surface area (Å²) in [5.74, 6) is -0.887. The highest BCUT2D eigenvalue weighted by atomic mass is 32.2. The second-order valence-corrected chi connectivity index (χ2v) is 7.12. The van der Waals surface area contributed by atoms with E-state index in [0.29, 0.717) is 11.7 Å². The fraction of sp³-hybridized carbons (Fsp3) is 0.267. The lowest BCUT2D eigenvalue weighted by Crippen LogP contribution is -2.14. The van der Waals surface area contributed by atoms with Crippen LogP contribution in [0.3, 0.4) is 0 Å². The number of nitrogens with zero attached hydrogens (tertiary/aromatic N) is 1. The number of sulfonamides is 1. The first kappa shape index (κ1) is 15.7. The summed E-state index contributed by atoms with van der Waals surface area (Å²) in [5.41, 5.74) is -0.0557. The standard InChI is InChI=1S/C15H15F2N3O2S/c16-13-5-3-11(7-14(13)17)20-23(21,22)12-4-6-15(19-9-12)18-8-10-1-2-10/h3-7,9-10,20H,1-2,8H2,(H,18,19). The molecule has 2 aromatic rings. The Bertz CT molecular complexity index is 806. The maximum absolute atomic E-state index is 13.1. The van der Waals surface area contributed by atoms with Gasteiger partial charge in [-0.25, -0.2) is 22.2 Å². The van der Waals surface area contributed by atoms with Crippen LogP contribution in [-0.4, -0.2) is 19.9 Å². The minimum absolute atomic E-state index is 0.0557. The molecule has 1 fully saturated rings. The number of aromatic nitrogens is 1. The van der Waals surface area contributed by atoms with Gasteiger partial charge in [0.25, 0.3) is 10.0 Å². The zero-order valence-electron chi connectivity index (χ0n) is 12.1. The second kappa shape index (κ2) is 6.11. The summed E-state index contributed by atoms with van der Waals surface area (Å²) in [6.45, 7) is 0.826. The number of hydrogen-bond acceptors (Lipinski definition) is 4. The SMILES string of the molecule is O=S(=O)(Nc1ccc(F)c(F)c1)c1ccc(NCC2CC2)nc1. The lowest BCUT2D eigenvalue weighted by atomic mass is 10.3. The summed E-state index contributed by atoms with van der Waals surface area (Å²) in [5, 5.41) is 3.13. The van der Waals surface area contributed by atoms with Gasteiger partial charge in [0.2, 0.25) is 0 Å². The van der Waals surface area contributed by atoms with E-state index in [0.717, 1.165) is 24.7 Å². The van der Waals surface area contributed by atoms with Crippen molar-refractivity contribution in [3.63, 3.8) is 0 Å². The minimum atomic E-state index is -3.91. The summed E-state index contributed by atoms with van der Waals surface area (Å²) in [7, 11) is -3.91. The van der Waals surface area contributed by atoms with Crippen LogP contribution in [0, 0.1) is 17.6 Å². The van der Waals surface area contributed by atoms with Crippen molar-refractivity contribution in [2.45, 2.75) is 17.7 Å². The molecule has 3 rings (SSSR count). The van der Waals surface area contributed by atoms with Gasteiger partial charge in [-0.3, -0.25) is 4.72 Å². The van der Waals surface area contributed by atoms with Crippen molar-refractivity contribution >= 4 is 21.5 Å². The van der Waals surface area contributed by atoms with Gasteiger partial charge in [-0.2, -0.15) is 0 Å². The molecule has 2 N–H and O–H groups in total. The summed E-state index contributed by atoms with van der Waals surface area (Å²) in [4.78, 5) is 4.00. The van der Waals surface area contributed by atoms with E-state index >= 15 is 0 Å². The second-order valence-electron chi connectivity index (χ2n) is 5.44. The fourth-order valence-corrected chi connectivity index (χ4v) is 2.98. The number of anilines is 2. The van der Waals surface area contributed by atoms with Gasteiger partial charge in [-0.1, -0.05) is 0 Å². The topological polar surface area (TPSA) is 71.1 Å². The molecule has 1 aliphatic carbocycles. The van der Waals surface area contributed by atoms with Crippen LogP contribution in [0.5, 0.6) is 0 Å². The fourth-order valence-electron chi connectivity index (χ4n) is 1.99. The van der Waals surface area contributed by atoms with Crippen molar-refractivity contribution in [3.05, 3.63) is 48.2 Å². The van der Waals surface area contributed by atoms with Crippen molar-refractivity contribution in [1.29, 1.82) is 0 Å². The molecule has 0 unspecified atom stereocenters. The van der Waals surface area contributed by atoms with Crippen molar-refractivity contribution in [2.75, 3.05) is 16.6 Å². The van der Waals surface area contributed by atoms with Crippen molar-refractivity contribution in [3.8, 4) is 0 Å². The first-order valence-corrected chi connectivity index (χ1v) is 8.60. The Labute approximate surface area is 132 Å². The number of nitrogens with one attached hydrogen (secondary N) is 2. The number of rotatable bonds is 6. The van der Waals surface area contributed by atoms with Gasteiger partial charge in [0.1, 0.15) is 10.7 Å². The largest absolute Gasteiger partial charge is 0.370 e. The number of hydrogen-bond donors (Lipinski definition) is 2. The molecule has 1 aliphatic rings. The highest BCUT2D eigenvalue weighted by Gasteiger charge is 2.21. The predicted molar refractivity (Wildman–Crippen MR) is 82.6 cm³/mol. The van der Waals surface area contributed by atoms with E-state index in [1.165, 1.54) is 25.1 Å². The molecule has 0 spiro atoms. The smallest absolute Gasteiger partial charge is 0.263 e. The van der Waals surface area contributed by atoms with Crippen LogP contribution in [0.4, 0.5) is 20.3 Å². The van der Waals surface area contributed by atoms with Gasteiger partial charge in [0.15, 0.2) is 11.6 Å². The van der Waals surface area contributed by atoms with E-state index < -0.39 is 21.7 Å². The third-order valence-corrected chi connectivity index (χ3v) is 4.85. The van der Waals surface area contributed by atoms with E-state index in [4.69, 9.17) is 0 Å². The maximum atomic E-state index is 13.1. The van der Waals surface area contributed by atoms with Crippen LogP contribution < -0.4 is 10.0 Å². The van der Waals surface area contributed by atoms with E-state index in [1.54, 1.807) is 6.07 Å². The minimum Gasteiger partial charge on any atom is -0.370 e. The van der Waals surface area contributed by atoms with Gasteiger partial charge in [-0.05, 0) is 43.0 Å². The Hall–Kier alpha value is -2.22. The Morgan fingerprint density at radius 2 is 1.91 bits per heavy atom. The summed E-state index contributed by atoms with van der Waals surface area (Å²) in [6.07, 6.45) is 3.63. The van der Waals surface area contributed by atoms with E-state index in [1.807, 2.05) is 0 Å². The van der Waals surface area contributed by atoms with Crippen molar-refractivity contribution < 1.29 is 17.2 Å². The molecule has 23 heavy (non-hydrogen) atoms. The Morgan fingerprint density at radius 1 is 1.13 bits per heavy atom. The molecule has 0 saturated heterocycles. The molecule has 0 amide bonds. The number of pyridine rings is 1. The molecule has 1 aromatic heterocycles. The van der Waals surface area contributed by atoms with Crippen molar-refractivity contribution in [1.82, 2.24) is 4.98 Å². The normalized spacial score (nSPS) is 14.5. The van der Waals surface area contributed by atoms with Crippen LogP contribution >= 0.6 is 0 Å². The first-order valence-electron chi connectivity index (χ1n) is 7.12. The summed E-state index contributed by atoms with van der Waals surface area (Å²) < 4.78 is 52.6. The van der Waals surface area contributed by atoms with Gasteiger partial charge in [-0.15, -0.1) is 0 Å². The molecule has 0 bridgehead atoms. The molecular formula is C15H15F2N3O2S. The van der Waals surface area contributed by atoms with Crippen LogP contribution in [-0.2, 0) is 10.0 Å². The third kappa shape index (κ3) is 3.95. The number of halogens is 2. The predicted octanol–water partition coefficient (Wildman–Crippen LogP) is 2.98. The monoisotopic (exact) mass is 339 g/mol. The zero-order chi connectivity index (χ0) is 16.4. The summed E-state index contributed by atoms with van der Waals surface area (Å²) >= 11 is 0. The van der Waals surface area contributed by atoms with Crippen LogP contribution in [0.2, 0.25) is 0 Å². The molecule has 0 atom stereocenters. The lowest BCUT2D eigenvalue weighted by molar-refractivity contribution is 0.509. The highest BCUT2D eigenvalue weighted by molar-refractivity contribution is 7.92. The Kier molecular flexibility index (Phi) is 4.16. The van der Waals surface area contributed by atoms with Crippen LogP contribution in [0.15, 0.2) is 41.4 Å². The lowest BCUT2D eigenvalue weighted by Gasteiger charge is -2.09. The van der Waals surface area contributed by atoms with E-state index in [2.05, 4.69) is 15.0 Å². The third-order valence-electron chi connectivity index (χ3n) is 3.49. The Balaban J connectivity index is 1.71. The molecule has 1 heterocycles. The van der Waals surface area contributed by atoms with Crippen molar-refractivity contribution in [2.24, 2.45) is 5.92 Å². The molecule has 0 radical (unpaired) electrons. The quantitative estimate of drug-likeness (QED) is 0.849. The molecule has 122 valence electrons. The average molecular weight is 339 g/mol. The van der Waals surface area contributed by atoms with Gasteiger partial charge >= 0.3 is 0 Å². The zero-order valence-corrected chi connectivity index (χ0v) is 12.9. The van der Waals surface area contributed by atoms with Crippen LogP contribution in [0.25, 0.3) is 0 Å². The molecule has 5 nitrogen and oxygen atoms in total. The van der Waals surface area contributed by atoms with Crippen LogP contribution in [0.1, 0.15) is 12.8 Å². The van der Waals surface area contributed by atoms with Gasteiger partial charge in [0, 0.05) is 18.8 Å². The molecule has 1 aromatic carbocycles. The Morgan fingerprint density at radius 3 is 2.52 bits per heavy atom. The average Bonchev–Trinajstić information content (AvgIpc) is 3.33. The number of benzene rings is 1. The van der Waals surface area contributed by atoms with E-state index in [-0.39, 0.29) is 10.6 Å². The molecule has 0 aliphatic heterocycles. The highest BCUT2D eigenvalue weighted by Crippen LogP contribution is 2.28. The van der Waals surface area contributed by atoms with Gasteiger partial charge in [0.05, 0.1) is 5.69 Å². The summed E-state index contributed by atoms with van der Waals surface area (Å²) in [6, 6.07) is 5.77.